The van der Waals surface area contributed by atoms with Gasteiger partial charge in [0.05, 0.1) is 0 Å². The summed E-state index contributed by atoms with van der Waals surface area (Å²) in [5.41, 5.74) is 1.75. The van der Waals surface area contributed by atoms with Gasteiger partial charge in [0.1, 0.15) is 0 Å². The van der Waals surface area contributed by atoms with Crippen LogP contribution in [0.2, 0.25) is 0 Å². The third-order valence-corrected chi connectivity index (χ3v) is 2.38. The van der Waals surface area contributed by atoms with Crippen LogP contribution in [-0.4, -0.2) is 33.1 Å². The highest BCUT2D eigenvalue weighted by Crippen LogP contribution is 2.15. The Kier molecular flexibility index (Phi) is 3.98. The van der Waals surface area contributed by atoms with Gasteiger partial charge >= 0.3 is 0 Å². The summed E-state index contributed by atoms with van der Waals surface area (Å²) in [6.45, 7) is 3.59. The number of benzene rings is 1. The summed E-state index contributed by atoms with van der Waals surface area (Å²) in [5.74, 6) is -0.360. The second-order valence-electron chi connectivity index (χ2n) is 3.63. The number of carbonyl (C=O) groups is 1. The van der Waals surface area contributed by atoms with E-state index >= 15 is 0 Å². The van der Waals surface area contributed by atoms with Crippen LogP contribution < -0.4 is 10.6 Å². The summed E-state index contributed by atoms with van der Waals surface area (Å²) in [6.07, 6.45) is 0. The molecular formula is C11H14N6O. The first-order valence-electron chi connectivity index (χ1n) is 5.64. The van der Waals surface area contributed by atoms with Crippen LogP contribution in [0.4, 0.5) is 5.69 Å². The van der Waals surface area contributed by atoms with Crippen molar-refractivity contribution >= 4 is 11.6 Å². The van der Waals surface area contributed by atoms with Crippen LogP contribution in [0.5, 0.6) is 0 Å². The molecule has 2 rings (SSSR count). The van der Waals surface area contributed by atoms with Crippen molar-refractivity contribution in [2.45, 2.75) is 13.5 Å². The van der Waals surface area contributed by atoms with Crippen molar-refractivity contribution in [3.63, 3.8) is 0 Å². The Morgan fingerprint density at radius 3 is 2.94 bits per heavy atom. The number of carbonyl (C=O) groups excluding carboxylic acids is 1. The zero-order valence-corrected chi connectivity index (χ0v) is 9.97. The van der Waals surface area contributed by atoms with Crippen LogP contribution in [0.25, 0.3) is 0 Å². The minimum Gasteiger partial charge on any atom is -0.319 e. The second-order valence-corrected chi connectivity index (χ2v) is 3.63. The number of nitrogens with one attached hydrogen (secondary N) is 3. The number of aromatic amines is 1. The Hall–Kier alpha value is -2.28. The Bertz CT molecular complexity index is 510. The summed E-state index contributed by atoms with van der Waals surface area (Å²) < 4.78 is 0. The average molecular weight is 246 g/mol. The molecule has 3 N–H and O–H groups in total. The van der Waals surface area contributed by atoms with Crippen LogP contribution in [0.3, 0.4) is 0 Å². The van der Waals surface area contributed by atoms with Gasteiger partial charge in [-0.2, -0.15) is 5.21 Å². The van der Waals surface area contributed by atoms with Crippen LogP contribution in [0.1, 0.15) is 23.1 Å². The number of hydrogen-bond acceptors (Lipinski definition) is 5. The largest absolute Gasteiger partial charge is 0.319 e. The van der Waals surface area contributed by atoms with Crippen LogP contribution >= 0.6 is 0 Å². The molecule has 2 aromatic rings. The summed E-state index contributed by atoms with van der Waals surface area (Å²) in [7, 11) is 0. The van der Waals surface area contributed by atoms with Gasteiger partial charge in [0.25, 0.3) is 11.7 Å². The number of nitrogens with zero attached hydrogens (tertiary/aromatic N) is 3. The van der Waals surface area contributed by atoms with E-state index in [0.717, 1.165) is 17.8 Å². The van der Waals surface area contributed by atoms with Crippen molar-refractivity contribution < 1.29 is 4.79 Å². The van der Waals surface area contributed by atoms with E-state index in [0.29, 0.717) is 6.54 Å². The quantitative estimate of drug-likeness (QED) is 0.716. The van der Waals surface area contributed by atoms with Gasteiger partial charge in [-0.25, -0.2) is 0 Å². The van der Waals surface area contributed by atoms with E-state index in [1.54, 1.807) is 0 Å². The molecule has 7 nitrogen and oxygen atoms in total. The summed E-state index contributed by atoms with van der Waals surface area (Å²) in [6, 6.07) is 7.58. The average Bonchev–Trinajstić information content (AvgIpc) is 2.91. The van der Waals surface area contributed by atoms with Crippen molar-refractivity contribution in [1.29, 1.82) is 0 Å². The zero-order valence-electron chi connectivity index (χ0n) is 9.97. The molecule has 1 amide bonds. The first-order chi connectivity index (χ1) is 8.81. The van der Waals surface area contributed by atoms with E-state index in [4.69, 9.17) is 0 Å². The maximum Gasteiger partial charge on any atom is 0.297 e. The monoisotopic (exact) mass is 246 g/mol. The highest BCUT2D eigenvalue weighted by Gasteiger charge is 2.12. The molecule has 0 aliphatic carbocycles. The van der Waals surface area contributed by atoms with Gasteiger partial charge in [-0.3, -0.25) is 4.79 Å². The molecule has 0 fully saturated rings. The fraction of sp³-hybridized carbons (Fsp3) is 0.273. The van der Waals surface area contributed by atoms with E-state index in [-0.39, 0.29) is 11.7 Å². The Labute approximate surface area is 104 Å². The first kappa shape index (κ1) is 12.2. The van der Waals surface area contributed by atoms with E-state index in [9.17, 15) is 4.79 Å². The van der Waals surface area contributed by atoms with E-state index in [1.807, 2.05) is 31.2 Å². The minimum absolute atomic E-state index is 0.0215. The van der Waals surface area contributed by atoms with Crippen LogP contribution in [0, 0.1) is 0 Å². The molecule has 18 heavy (non-hydrogen) atoms. The number of para-hydroxylation sites is 1. The van der Waals surface area contributed by atoms with E-state index in [1.165, 1.54) is 0 Å². The molecule has 0 saturated carbocycles. The third kappa shape index (κ3) is 2.89. The molecule has 0 aliphatic heterocycles. The SMILES string of the molecule is CCNCc1ccccc1NC(=O)c1nn[nH]n1. The summed E-state index contributed by atoms with van der Waals surface area (Å²) in [5, 5.41) is 18.8. The van der Waals surface area contributed by atoms with E-state index in [2.05, 4.69) is 31.3 Å². The highest BCUT2D eigenvalue weighted by molar-refractivity contribution is 6.01. The number of amides is 1. The Morgan fingerprint density at radius 2 is 2.22 bits per heavy atom. The standard InChI is InChI=1S/C11H14N6O/c1-2-12-7-8-5-3-4-6-9(8)13-11(18)10-14-16-17-15-10/h3-6,12H,2,7H2,1H3,(H,13,18)(H,14,15,16,17). The third-order valence-electron chi connectivity index (χ3n) is 2.38. The van der Waals surface area contributed by atoms with Crippen molar-refractivity contribution in [2.75, 3.05) is 11.9 Å². The van der Waals surface area contributed by atoms with Gasteiger partial charge in [0, 0.05) is 12.2 Å². The van der Waals surface area contributed by atoms with Gasteiger partial charge in [-0.15, -0.1) is 10.2 Å². The molecule has 0 aliphatic rings. The number of H-pyrrole nitrogens is 1. The lowest BCUT2D eigenvalue weighted by molar-refractivity contribution is 0.101. The highest BCUT2D eigenvalue weighted by atomic mass is 16.2. The molecule has 7 heteroatoms. The lowest BCUT2D eigenvalue weighted by Crippen LogP contribution is -2.18. The molecule has 1 aromatic heterocycles. The van der Waals surface area contributed by atoms with Gasteiger partial charge in [0.15, 0.2) is 0 Å². The summed E-state index contributed by atoms with van der Waals surface area (Å²) in [4.78, 5) is 11.8. The van der Waals surface area contributed by atoms with Crippen molar-refractivity contribution in [3.05, 3.63) is 35.7 Å². The summed E-state index contributed by atoms with van der Waals surface area (Å²) >= 11 is 0. The maximum atomic E-state index is 11.8. The fourth-order valence-corrected chi connectivity index (χ4v) is 1.49. The lowest BCUT2D eigenvalue weighted by atomic mass is 10.1. The first-order valence-corrected chi connectivity index (χ1v) is 5.64. The number of rotatable bonds is 5. The maximum absolute atomic E-state index is 11.8. The van der Waals surface area contributed by atoms with Gasteiger partial charge in [0.2, 0.25) is 0 Å². The van der Waals surface area contributed by atoms with Crippen molar-refractivity contribution in [1.82, 2.24) is 25.9 Å². The molecule has 1 heterocycles. The molecular weight excluding hydrogens is 232 g/mol. The van der Waals surface area contributed by atoms with Crippen LogP contribution in [-0.2, 0) is 6.54 Å². The molecule has 0 atom stereocenters. The topological polar surface area (TPSA) is 95.6 Å². The molecule has 94 valence electrons. The second kappa shape index (κ2) is 5.87. The molecule has 1 aromatic carbocycles. The smallest absolute Gasteiger partial charge is 0.297 e. The lowest BCUT2D eigenvalue weighted by Gasteiger charge is -2.09. The Balaban J connectivity index is 2.11. The predicted molar refractivity (Wildman–Crippen MR) is 66.0 cm³/mol. The zero-order chi connectivity index (χ0) is 12.8. The number of anilines is 1. The van der Waals surface area contributed by atoms with Gasteiger partial charge in [-0.1, -0.05) is 25.1 Å². The van der Waals surface area contributed by atoms with Gasteiger partial charge < -0.3 is 10.6 Å². The predicted octanol–water partition coefficient (Wildman–Crippen LogP) is 0.561. The molecule has 0 unspecified atom stereocenters. The number of aromatic nitrogens is 4. The normalized spacial score (nSPS) is 10.3. The van der Waals surface area contributed by atoms with Crippen molar-refractivity contribution in [3.8, 4) is 0 Å². The number of tetrazole rings is 1. The minimum atomic E-state index is -0.382. The van der Waals surface area contributed by atoms with Gasteiger partial charge in [-0.05, 0) is 23.4 Å². The van der Waals surface area contributed by atoms with Crippen LogP contribution in [0.15, 0.2) is 24.3 Å². The molecule has 0 saturated heterocycles. The fourth-order valence-electron chi connectivity index (χ4n) is 1.49. The Morgan fingerprint density at radius 1 is 1.39 bits per heavy atom. The number of hydrogen-bond donors (Lipinski definition) is 3. The molecule has 0 radical (unpaired) electrons. The molecule has 0 spiro atoms. The van der Waals surface area contributed by atoms with Crippen molar-refractivity contribution in [2.24, 2.45) is 0 Å². The molecule has 0 bridgehead atoms. The van der Waals surface area contributed by atoms with E-state index < -0.39 is 0 Å².